The molecule has 6 heteroatoms. The largest absolute Gasteiger partial charge is 0.348 e. The number of benzene rings is 1. The van der Waals surface area contributed by atoms with E-state index in [-0.39, 0.29) is 17.4 Å². The molecule has 2 N–H and O–H groups in total. The molecule has 1 saturated heterocycles. The van der Waals surface area contributed by atoms with Gasteiger partial charge < -0.3 is 10.6 Å². The van der Waals surface area contributed by atoms with Crippen molar-refractivity contribution in [2.45, 2.75) is 57.5 Å². The number of carbonyl (C=O) groups excluding carboxylic acids is 1. The van der Waals surface area contributed by atoms with Crippen LogP contribution in [0.3, 0.4) is 0 Å². The van der Waals surface area contributed by atoms with E-state index < -0.39 is 0 Å². The fourth-order valence-electron chi connectivity index (χ4n) is 3.75. The number of nitrogens with one attached hydrogen (secondary N) is 2. The van der Waals surface area contributed by atoms with Crippen molar-refractivity contribution >= 4 is 5.91 Å². The first-order valence-corrected chi connectivity index (χ1v) is 9.44. The quantitative estimate of drug-likeness (QED) is 0.836. The lowest BCUT2D eigenvalue weighted by Crippen LogP contribution is -2.37. The Morgan fingerprint density at radius 1 is 1.31 bits per heavy atom. The van der Waals surface area contributed by atoms with Crippen LogP contribution < -0.4 is 10.6 Å². The minimum Gasteiger partial charge on any atom is -0.348 e. The molecule has 1 aliphatic rings. The Balaban J connectivity index is 1.58. The lowest BCUT2D eigenvalue weighted by Gasteiger charge is -2.29. The molecule has 1 amide bonds. The number of aromatic nitrogens is 3. The van der Waals surface area contributed by atoms with E-state index in [1.54, 1.807) is 6.20 Å². The zero-order valence-electron chi connectivity index (χ0n) is 15.9. The molecule has 1 atom stereocenters. The number of nitrogens with zero attached hydrogens (tertiary/aromatic N) is 3. The van der Waals surface area contributed by atoms with Gasteiger partial charge in [-0.2, -0.15) is 0 Å². The summed E-state index contributed by atoms with van der Waals surface area (Å²) in [4.78, 5) is 12.5. The van der Waals surface area contributed by atoms with Crippen LogP contribution >= 0.6 is 0 Å². The lowest BCUT2D eigenvalue weighted by atomic mass is 9.79. The second-order valence-electron chi connectivity index (χ2n) is 7.89. The fourth-order valence-corrected chi connectivity index (χ4v) is 3.75. The molecule has 1 unspecified atom stereocenters. The third-order valence-corrected chi connectivity index (χ3v) is 5.17. The summed E-state index contributed by atoms with van der Waals surface area (Å²) in [7, 11) is 0. The molecule has 0 bridgehead atoms. The first kappa shape index (κ1) is 18.6. The van der Waals surface area contributed by atoms with Crippen molar-refractivity contribution in [2.75, 3.05) is 13.1 Å². The van der Waals surface area contributed by atoms with Gasteiger partial charge in [-0.15, -0.1) is 5.10 Å². The molecule has 0 saturated carbocycles. The number of rotatable bonds is 6. The summed E-state index contributed by atoms with van der Waals surface area (Å²) >= 11 is 0. The van der Waals surface area contributed by atoms with Gasteiger partial charge in [0, 0.05) is 6.04 Å². The van der Waals surface area contributed by atoms with Crippen LogP contribution in [0.25, 0.3) is 0 Å². The highest BCUT2D eigenvalue weighted by molar-refractivity contribution is 5.92. The summed E-state index contributed by atoms with van der Waals surface area (Å²) in [5.41, 5.74) is 1.66. The summed E-state index contributed by atoms with van der Waals surface area (Å²) in [5.74, 6) is -0.151. The van der Waals surface area contributed by atoms with Gasteiger partial charge >= 0.3 is 0 Å². The molecule has 26 heavy (non-hydrogen) atoms. The first-order chi connectivity index (χ1) is 12.5. The van der Waals surface area contributed by atoms with Crippen molar-refractivity contribution in [1.82, 2.24) is 25.6 Å². The average molecular weight is 355 g/mol. The van der Waals surface area contributed by atoms with Gasteiger partial charge in [-0.05, 0) is 50.3 Å². The highest BCUT2D eigenvalue weighted by Crippen LogP contribution is 2.28. The van der Waals surface area contributed by atoms with Crippen molar-refractivity contribution in [3.8, 4) is 0 Å². The minimum atomic E-state index is -0.151. The van der Waals surface area contributed by atoms with E-state index in [0.29, 0.717) is 11.7 Å². The van der Waals surface area contributed by atoms with Gasteiger partial charge in [0.2, 0.25) is 0 Å². The molecule has 1 aliphatic heterocycles. The van der Waals surface area contributed by atoms with Gasteiger partial charge in [0.25, 0.3) is 5.91 Å². The van der Waals surface area contributed by atoms with E-state index in [1.165, 1.54) is 5.56 Å². The monoisotopic (exact) mass is 355 g/mol. The third-order valence-electron chi connectivity index (χ3n) is 5.17. The van der Waals surface area contributed by atoms with Gasteiger partial charge in [-0.1, -0.05) is 49.4 Å². The summed E-state index contributed by atoms with van der Waals surface area (Å²) < 4.78 is 1.84. The Bertz CT molecular complexity index is 719. The van der Waals surface area contributed by atoms with Crippen LogP contribution in [-0.4, -0.2) is 40.0 Å². The lowest BCUT2D eigenvalue weighted by molar-refractivity contribution is 0.0929. The molecule has 1 aromatic carbocycles. The Morgan fingerprint density at radius 3 is 2.69 bits per heavy atom. The summed E-state index contributed by atoms with van der Waals surface area (Å²) in [5, 5.41) is 14.7. The standard InChI is InChI=1S/C20H29N5O/c1-15(13-20(2,3)16-7-5-4-6-8-16)22-19(26)18-14-25(24-23-18)17-9-11-21-12-10-17/h4-8,14-15,17,21H,9-13H2,1-3H3,(H,22,26). The molecule has 6 nitrogen and oxygen atoms in total. The Labute approximate surface area is 155 Å². The molecule has 2 aromatic rings. The SMILES string of the molecule is CC(CC(C)(C)c1ccccc1)NC(=O)c1cn(C2CCNCC2)nn1. The van der Waals surface area contributed by atoms with Gasteiger partial charge in [-0.3, -0.25) is 4.79 Å². The maximum atomic E-state index is 12.5. The topological polar surface area (TPSA) is 71.8 Å². The number of hydrogen-bond acceptors (Lipinski definition) is 4. The Hall–Kier alpha value is -2.21. The van der Waals surface area contributed by atoms with Crippen molar-refractivity contribution in [3.05, 3.63) is 47.8 Å². The second kappa shape index (κ2) is 7.99. The maximum Gasteiger partial charge on any atom is 0.273 e. The van der Waals surface area contributed by atoms with Crippen molar-refractivity contribution in [3.63, 3.8) is 0 Å². The fraction of sp³-hybridized carbons (Fsp3) is 0.550. The van der Waals surface area contributed by atoms with Crippen LogP contribution in [0.4, 0.5) is 0 Å². The van der Waals surface area contributed by atoms with Crippen molar-refractivity contribution in [1.29, 1.82) is 0 Å². The van der Waals surface area contributed by atoms with Gasteiger partial charge in [0.15, 0.2) is 5.69 Å². The molecular weight excluding hydrogens is 326 g/mol. The second-order valence-corrected chi connectivity index (χ2v) is 7.89. The molecule has 1 fully saturated rings. The van der Waals surface area contributed by atoms with E-state index >= 15 is 0 Å². The van der Waals surface area contributed by atoms with Crippen LogP contribution in [0.5, 0.6) is 0 Å². The maximum absolute atomic E-state index is 12.5. The third kappa shape index (κ3) is 4.49. The van der Waals surface area contributed by atoms with Gasteiger partial charge in [0.05, 0.1) is 12.2 Å². The number of amides is 1. The van der Waals surface area contributed by atoms with E-state index in [1.807, 2.05) is 17.7 Å². The predicted molar refractivity (Wildman–Crippen MR) is 102 cm³/mol. The summed E-state index contributed by atoms with van der Waals surface area (Å²) in [6, 6.07) is 10.8. The van der Waals surface area contributed by atoms with Crippen LogP contribution in [0.1, 0.15) is 62.1 Å². The highest BCUT2D eigenvalue weighted by Gasteiger charge is 2.25. The highest BCUT2D eigenvalue weighted by atomic mass is 16.2. The average Bonchev–Trinajstić information content (AvgIpc) is 3.13. The summed E-state index contributed by atoms with van der Waals surface area (Å²) in [6.07, 6.45) is 4.67. The molecule has 140 valence electrons. The molecule has 2 heterocycles. The first-order valence-electron chi connectivity index (χ1n) is 9.44. The van der Waals surface area contributed by atoms with E-state index in [0.717, 1.165) is 32.4 Å². The molecule has 1 aromatic heterocycles. The zero-order valence-corrected chi connectivity index (χ0v) is 15.9. The van der Waals surface area contributed by atoms with Gasteiger partial charge in [0.1, 0.15) is 0 Å². The number of carbonyl (C=O) groups is 1. The van der Waals surface area contributed by atoms with Crippen LogP contribution in [0, 0.1) is 0 Å². The smallest absolute Gasteiger partial charge is 0.273 e. The predicted octanol–water partition coefficient (Wildman–Crippen LogP) is 2.69. The van der Waals surface area contributed by atoms with E-state index in [9.17, 15) is 4.79 Å². The number of piperidine rings is 1. The summed E-state index contributed by atoms with van der Waals surface area (Å²) in [6.45, 7) is 8.42. The molecular formula is C20H29N5O. The van der Waals surface area contributed by atoms with E-state index in [4.69, 9.17) is 0 Å². The molecule has 0 aliphatic carbocycles. The van der Waals surface area contributed by atoms with Gasteiger partial charge in [-0.25, -0.2) is 4.68 Å². The molecule has 3 rings (SSSR count). The minimum absolute atomic E-state index is 0.0132. The van der Waals surface area contributed by atoms with Crippen molar-refractivity contribution < 1.29 is 4.79 Å². The normalized spacial score (nSPS) is 17.0. The Morgan fingerprint density at radius 2 is 2.00 bits per heavy atom. The molecule has 0 spiro atoms. The van der Waals surface area contributed by atoms with Crippen molar-refractivity contribution in [2.24, 2.45) is 0 Å². The van der Waals surface area contributed by atoms with Crippen LogP contribution in [0.2, 0.25) is 0 Å². The Kier molecular flexibility index (Phi) is 5.71. The molecule has 0 radical (unpaired) electrons. The van der Waals surface area contributed by atoms with E-state index in [2.05, 4.69) is 59.1 Å². The van der Waals surface area contributed by atoms with Crippen LogP contribution in [0.15, 0.2) is 36.5 Å². The van der Waals surface area contributed by atoms with Crippen LogP contribution in [-0.2, 0) is 5.41 Å². The number of hydrogen-bond donors (Lipinski definition) is 2. The zero-order chi connectivity index (χ0) is 18.6.